The lowest BCUT2D eigenvalue weighted by atomic mass is 9.83. The molecule has 3 aliphatic rings. The SMILES string of the molecule is O=C(CC(F)(F)F)N1CC2(C1)OCc1cc(C3=NSC(c4cc(Cl)c(F)c(Cl)c4)(C(F)(F)F)C3)ccc12. The summed E-state index contributed by atoms with van der Waals surface area (Å²) >= 11 is 11.8. The highest BCUT2D eigenvalue weighted by molar-refractivity contribution is 7.99. The summed E-state index contributed by atoms with van der Waals surface area (Å²) in [7, 11) is 0. The van der Waals surface area contributed by atoms with Crippen LogP contribution < -0.4 is 0 Å². The first-order valence-electron chi connectivity index (χ1n) is 10.7. The van der Waals surface area contributed by atoms with E-state index in [9.17, 15) is 35.5 Å². The Labute approximate surface area is 219 Å². The van der Waals surface area contributed by atoms with Gasteiger partial charge in [-0.1, -0.05) is 35.3 Å². The normalized spacial score (nSPS) is 22.7. The number of benzene rings is 2. The van der Waals surface area contributed by atoms with Gasteiger partial charge in [-0.2, -0.15) is 26.3 Å². The molecule has 0 saturated carbocycles. The number of rotatable bonds is 3. The molecule has 0 radical (unpaired) electrons. The molecule has 3 aliphatic heterocycles. The minimum absolute atomic E-state index is 0.0473. The topological polar surface area (TPSA) is 41.9 Å². The number of hydrogen-bond donors (Lipinski definition) is 0. The molecule has 198 valence electrons. The predicted octanol–water partition coefficient (Wildman–Crippen LogP) is 6.95. The number of halogens is 9. The maximum Gasteiger partial charge on any atom is 0.409 e. The summed E-state index contributed by atoms with van der Waals surface area (Å²) in [6.45, 7) is -0.0128. The molecule has 0 aromatic heterocycles. The van der Waals surface area contributed by atoms with E-state index in [1.165, 1.54) is 0 Å². The highest BCUT2D eigenvalue weighted by Crippen LogP contribution is 2.57. The summed E-state index contributed by atoms with van der Waals surface area (Å²) in [5.41, 5.74) is 0.573. The Hall–Kier alpha value is -2.02. The van der Waals surface area contributed by atoms with Crippen molar-refractivity contribution in [2.75, 3.05) is 13.1 Å². The van der Waals surface area contributed by atoms with E-state index in [4.69, 9.17) is 27.9 Å². The van der Waals surface area contributed by atoms with Gasteiger partial charge in [-0.3, -0.25) is 4.79 Å². The average Bonchev–Trinajstić information content (AvgIpc) is 3.37. The second-order valence-corrected chi connectivity index (χ2v) is 11.0. The Balaban J connectivity index is 1.37. The number of nitrogens with zero attached hydrogens (tertiary/aromatic N) is 2. The second-order valence-electron chi connectivity index (χ2n) is 9.08. The Morgan fingerprint density at radius 3 is 2.32 bits per heavy atom. The molecule has 3 heterocycles. The average molecular weight is 587 g/mol. The fourth-order valence-corrected chi connectivity index (χ4v) is 6.22. The summed E-state index contributed by atoms with van der Waals surface area (Å²) in [6, 6.07) is 6.61. The van der Waals surface area contributed by atoms with Crippen LogP contribution in [0.3, 0.4) is 0 Å². The van der Waals surface area contributed by atoms with Gasteiger partial charge in [0.15, 0.2) is 10.6 Å². The first-order valence-corrected chi connectivity index (χ1v) is 12.3. The Morgan fingerprint density at radius 2 is 1.73 bits per heavy atom. The Kier molecular flexibility index (Phi) is 6.29. The van der Waals surface area contributed by atoms with Gasteiger partial charge in [-0.15, -0.1) is 0 Å². The summed E-state index contributed by atoms with van der Waals surface area (Å²) in [4.78, 5) is 12.9. The van der Waals surface area contributed by atoms with Crippen LogP contribution in [0.1, 0.15) is 35.1 Å². The molecule has 1 fully saturated rings. The van der Waals surface area contributed by atoms with Gasteiger partial charge in [-0.25, -0.2) is 8.79 Å². The van der Waals surface area contributed by atoms with E-state index in [1.54, 1.807) is 18.2 Å². The number of likely N-dealkylation sites (tertiary alicyclic amines) is 1. The van der Waals surface area contributed by atoms with E-state index in [-0.39, 0.29) is 42.9 Å². The van der Waals surface area contributed by atoms with Crippen LogP contribution in [0, 0.1) is 5.82 Å². The van der Waals surface area contributed by atoms with Crippen molar-refractivity contribution in [1.29, 1.82) is 0 Å². The molecule has 0 bridgehead atoms. The smallest absolute Gasteiger partial charge is 0.362 e. The van der Waals surface area contributed by atoms with E-state index in [0.29, 0.717) is 16.7 Å². The molecule has 2 aromatic rings. The van der Waals surface area contributed by atoms with Crippen molar-refractivity contribution in [1.82, 2.24) is 4.90 Å². The van der Waals surface area contributed by atoms with Crippen molar-refractivity contribution in [3.05, 3.63) is 68.4 Å². The van der Waals surface area contributed by atoms with E-state index in [2.05, 4.69) is 4.40 Å². The first-order chi connectivity index (χ1) is 17.1. The molecular formula is C23H15Cl2F7N2O2S. The zero-order valence-electron chi connectivity index (χ0n) is 18.4. The number of carbonyl (C=O) groups excluding carboxylic acids is 1. The van der Waals surface area contributed by atoms with Gasteiger partial charge >= 0.3 is 12.4 Å². The van der Waals surface area contributed by atoms with Gasteiger partial charge in [0, 0.05) is 6.42 Å². The van der Waals surface area contributed by atoms with E-state index >= 15 is 0 Å². The Bertz CT molecular complexity index is 1300. The van der Waals surface area contributed by atoms with Crippen molar-refractivity contribution in [2.24, 2.45) is 4.40 Å². The monoisotopic (exact) mass is 586 g/mol. The van der Waals surface area contributed by atoms with Crippen molar-refractivity contribution < 1.29 is 40.3 Å². The minimum Gasteiger partial charge on any atom is -0.362 e. The summed E-state index contributed by atoms with van der Waals surface area (Å²) in [5, 5.41) is -1.08. The third kappa shape index (κ3) is 4.49. The fourth-order valence-electron chi connectivity index (χ4n) is 4.77. The molecule has 2 aromatic carbocycles. The number of hydrogen-bond acceptors (Lipinski definition) is 4. The lowest BCUT2D eigenvalue weighted by Gasteiger charge is -2.47. The molecule has 1 amide bonds. The third-order valence-corrected chi connectivity index (χ3v) is 8.45. The second kappa shape index (κ2) is 8.75. The molecule has 14 heteroatoms. The third-order valence-electron chi connectivity index (χ3n) is 6.67. The van der Waals surface area contributed by atoms with Crippen LogP contribution in [0.25, 0.3) is 0 Å². The molecule has 37 heavy (non-hydrogen) atoms. The summed E-state index contributed by atoms with van der Waals surface area (Å²) < 4.78 is 102. The van der Waals surface area contributed by atoms with Gasteiger partial charge in [0.25, 0.3) is 0 Å². The zero-order valence-corrected chi connectivity index (χ0v) is 20.8. The van der Waals surface area contributed by atoms with Crippen molar-refractivity contribution in [3.8, 4) is 0 Å². The minimum atomic E-state index is -4.78. The largest absolute Gasteiger partial charge is 0.409 e. The molecule has 0 N–H and O–H groups in total. The number of carbonyl (C=O) groups is 1. The maximum atomic E-state index is 14.3. The van der Waals surface area contributed by atoms with Crippen molar-refractivity contribution in [2.45, 2.75) is 42.1 Å². The molecule has 5 rings (SSSR count). The lowest BCUT2D eigenvalue weighted by Crippen LogP contribution is -2.61. The fraction of sp³-hybridized carbons (Fsp3) is 0.391. The van der Waals surface area contributed by atoms with Gasteiger partial charge in [0.05, 0.1) is 35.5 Å². The zero-order chi connectivity index (χ0) is 27.0. The van der Waals surface area contributed by atoms with Gasteiger partial charge in [0.1, 0.15) is 12.0 Å². The molecule has 1 saturated heterocycles. The van der Waals surface area contributed by atoms with E-state index in [0.717, 1.165) is 17.0 Å². The van der Waals surface area contributed by atoms with Crippen LogP contribution in [0.15, 0.2) is 34.7 Å². The predicted molar refractivity (Wildman–Crippen MR) is 123 cm³/mol. The van der Waals surface area contributed by atoms with Gasteiger partial charge in [0.2, 0.25) is 5.91 Å². The standard InChI is InChI=1S/C23H15Cl2F7N2O2S/c24-15-4-13(5-16(25)19(15)26)21(23(30,31)32)6-17(33-37-21)11-1-2-14-12(3-11)8-36-20(14)9-34(10-20)18(35)7-22(27,28)29/h1-5H,6-10H2. The number of amides is 1. The highest BCUT2D eigenvalue weighted by Gasteiger charge is 2.60. The lowest BCUT2D eigenvalue weighted by molar-refractivity contribution is -0.185. The molecular weight excluding hydrogens is 572 g/mol. The number of ether oxygens (including phenoxy) is 1. The maximum absolute atomic E-state index is 14.3. The molecule has 1 atom stereocenters. The number of fused-ring (bicyclic) bond motifs is 2. The highest BCUT2D eigenvalue weighted by atomic mass is 35.5. The van der Waals surface area contributed by atoms with E-state index in [1.807, 2.05) is 0 Å². The Morgan fingerprint density at radius 1 is 1.08 bits per heavy atom. The summed E-state index contributed by atoms with van der Waals surface area (Å²) in [6.07, 6.45) is -11.5. The van der Waals surface area contributed by atoms with E-state index < -0.39 is 57.3 Å². The molecule has 4 nitrogen and oxygen atoms in total. The first kappa shape index (κ1) is 26.6. The van der Waals surface area contributed by atoms with Gasteiger partial charge in [-0.05, 0) is 52.4 Å². The van der Waals surface area contributed by atoms with Crippen LogP contribution >= 0.6 is 35.1 Å². The van der Waals surface area contributed by atoms with Crippen LogP contribution in [0.4, 0.5) is 30.7 Å². The van der Waals surface area contributed by atoms with Crippen LogP contribution in [-0.4, -0.2) is 42.0 Å². The van der Waals surface area contributed by atoms with Gasteiger partial charge < -0.3 is 9.64 Å². The van der Waals surface area contributed by atoms with Crippen LogP contribution in [0.5, 0.6) is 0 Å². The number of alkyl halides is 6. The van der Waals surface area contributed by atoms with Crippen molar-refractivity contribution in [3.63, 3.8) is 0 Å². The quantitative estimate of drug-likeness (QED) is 0.222. The molecule has 1 spiro atoms. The van der Waals surface area contributed by atoms with Crippen LogP contribution in [0.2, 0.25) is 10.0 Å². The van der Waals surface area contributed by atoms with Crippen molar-refractivity contribution >= 4 is 46.8 Å². The summed E-state index contributed by atoms with van der Waals surface area (Å²) in [5.74, 6) is -2.07. The molecule has 0 aliphatic carbocycles. The molecule has 1 unspecified atom stereocenters. The van der Waals surface area contributed by atoms with Crippen LogP contribution in [-0.2, 0) is 26.5 Å².